The van der Waals surface area contributed by atoms with Gasteiger partial charge in [-0.25, -0.2) is 18.1 Å². The van der Waals surface area contributed by atoms with Gasteiger partial charge in [0.25, 0.3) is 5.56 Å². The Bertz CT molecular complexity index is 1270. The Morgan fingerprint density at radius 3 is 2.44 bits per heavy atom. The molecule has 0 N–H and O–H groups in total. The number of aromatic nitrogens is 2. The second-order valence-corrected chi connectivity index (χ2v) is 7.18. The Morgan fingerprint density at radius 2 is 1.74 bits per heavy atom. The molecule has 0 atom stereocenters. The molecule has 2 aromatic heterocycles. The van der Waals surface area contributed by atoms with Crippen molar-refractivity contribution in [1.29, 1.82) is 0 Å². The molecule has 7 heteroatoms. The second kappa shape index (κ2) is 6.59. The van der Waals surface area contributed by atoms with Gasteiger partial charge >= 0.3 is 5.69 Å². The van der Waals surface area contributed by atoms with E-state index < -0.39 is 22.9 Å². The number of fused-ring (bicyclic) bond motifs is 1. The zero-order valence-electron chi connectivity index (χ0n) is 14.3. The molecule has 0 saturated heterocycles. The van der Waals surface area contributed by atoms with Gasteiger partial charge in [-0.1, -0.05) is 12.1 Å². The SMILES string of the molecule is Cc1cccc(-n2c(=O)c3sccc3n(Cc3cc(F)cc(F)c3)c2=O)c1. The molecule has 0 bridgehead atoms. The van der Waals surface area contributed by atoms with Crippen molar-refractivity contribution in [3.8, 4) is 5.69 Å². The van der Waals surface area contributed by atoms with Crippen molar-refractivity contribution in [2.75, 3.05) is 0 Å². The van der Waals surface area contributed by atoms with E-state index in [1.165, 1.54) is 28.0 Å². The fraction of sp³-hybridized carbons (Fsp3) is 0.100. The van der Waals surface area contributed by atoms with E-state index >= 15 is 0 Å². The number of aryl methyl sites for hydroxylation is 1. The molecule has 0 unspecified atom stereocenters. The molecular weight excluding hydrogens is 370 g/mol. The quantitative estimate of drug-likeness (QED) is 0.539. The fourth-order valence-corrected chi connectivity index (χ4v) is 3.94. The van der Waals surface area contributed by atoms with E-state index in [1.54, 1.807) is 29.6 Å². The number of hydrogen-bond acceptors (Lipinski definition) is 3. The standard InChI is InChI=1S/C20H14F2N2O2S/c1-12-3-2-4-16(7-12)24-19(25)18-17(5-6-27-18)23(20(24)26)11-13-8-14(21)10-15(22)9-13/h2-10H,11H2,1H3. The molecule has 4 nitrogen and oxygen atoms in total. The summed E-state index contributed by atoms with van der Waals surface area (Å²) in [5.74, 6) is -1.43. The molecule has 0 fully saturated rings. The van der Waals surface area contributed by atoms with E-state index in [9.17, 15) is 18.4 Å². The van der Waals surface area contributed by atoms with Crippen LogP contribution in [0.25, 0.3) is 15.9 Å². The highest BCUT2D eigenvalue weighted by molar-refractivity contribution is 7.17. The van der Waals surface area contributed by atoms with Crippen LogP contribution in [0, 0.1) is 18.6 Å². The molecule has 4 aromatic rings. The topological polar surface area (TPSA) is 44.0 Å². The lowest BCUT2D eigenvalue weighted by Gasteiger charge is -2.13. The van der Waals surface area contributed by atoms with Crippen molar-refractivity contribution in [1.82, 2.24) is 9.13 Å². The Kier molecular flexibility index (Phi) is 4.24. The van der Waals surface area contributed by atoms with Gasteiger partial charge in [0.1, 0.15) is 16.3 Å². The van der Waals surface area contributed by atoms with Crippen LogP contribution in [-0.4, -0.2) is 9.13 Å². The van der Waals surface area contributed by atoms with Crippen LogP contribution in [0.5, 0.6) is 0 Å². The van der Waals surface area contributed by atoms with E-state index in [0.29, 0.717) is 21.5 Å². The first-order valence-electron chi connectivity index (χ1n) is 8.19. The number of benzene rings is 2. The van der Waals surface area contributed by atoms with Gasteiger partial charge in [0.15, 0.2) is 0 Å². The molecule has 2 aromatic carbocycles. The zero-order chi connectivity index (χ0) is 19.1. The van der Waals surface area contributed by atoms with Crippen LogP contribution in [-0.2, 0) is 6.54 Å². The van der Waals surface area contributed by atoms with Crippen molar-refractivity contribution in [2.24, 2.45) is 0 Å². The Balaban J connectivity index is 1.99. The predicted molar refractivity (Wildman–Crippen MR) is 102 cm³/mol. The fourth-order valence-electron chi connectivity index (χ4n) is 3.12. The van der Waals surface area contributed by atoms with Gasteiger partial charge in [-0.3, -0.25) is 9.36 Å². The number of thiophene rings is 1. The van der Waals surface area contributed by atoms with Crippen LogP contribution in [0.4, 0.5) is 8.78 Å². The van der Waals surface area contributed by atoms with Gasteiger partial charge in [0, 0.05) is 6.07 Å². The minimum absolute atomic E-state index is 0.0488. The summed E-state index contributed by atoms with van der Waals surface area (Å²) in [7, 11) is 0. The molecule has 0 amide bonds. The smallest absolute Gasteiger partial charge is 0.288 e. The van der Waals surface area contributed by atoms with Crippen LogP contribution in [0.15, 0.2) is 63.5 Å². The summed E-state index contributed by atoms with van der Waals surface area (Å²) in [5.41, 5.74) is 1.15. The highest BCUT2D eigenvalue weighted by Gasteiger charge is 2.16. The summed E-state index contributed by atoms with van der Waals surface area (Å²) in [6, 6.07) is 11.9. The third-order valence-electron chi connectivity index (χ3n) is 4.28. The van der Waals surface area contributed by atoms with Crippen LogP contribution in [0.1, 0.15) is 11.1 Å². The molecule has 0 radical (unpaired) electrons. The first kappa shape index (κ1) is 17.4. The maximum Gasteiger partial charge on any atom is 0.336 e. The third-order valence-corrected chi connectivity index (χ3v) is 5.17. The van der Waals surface area contributed by atoms with Gasteiger partial charge in [-0.2, -0.15) is 0 Å². The number of nitrogens with zero attached hydrogens (tertiary/aromatic N) is 2. The molecule has 0 aliphatic heterocycles. The van der Waals surface area contributed by atoms with E-state index in [4.69, 9.17) is 0 Å². The van der Waals surface area contributed by atoms with Gasteiger partial charge in [-0.15, -0.1) is 11.3 Å². The van der Waals surface area contributed by atoms with Crippen molar-refractivity contribution in [3.05, 3.63) is 97.5 Å². The summed E-state index contributed by atoms with van der Waals surface area (Å²) < 4.78 is 30.0. The van der Waals surface area contributed by atoms with E-state index in [1.807, 2.05) is 13.0 Å². The lowest BCUT2D eigenvalue weighted by Crippen LogP contribution is -2.38. The summed E-state index contributed by atoms with van der Waals surface area (Å²) in [6.45, 7) is 1.82. The van der Waals surface area contributed by atoms with Crippen molar-refractivity contribution >= 4 is 21.6 Å². The Morgan fingerprint density at radius 1 is 1.00 bits per heavy atom. The normalized spacial score (nSPS) is 11.2. The maximum atomic E-state index is 13.6. The van der Waals surface area contributed by atoms with Crippen LogP contribution >= 0.6 is 11.3 Å². The largest absolute Gasteiger partial charge is 0.336 e. The first-order valence-corrected chi connectivity index (χ1v) is 9.07. The molecule has 0 spiro atoms. The van der Waals surface area contributed by atoms with Crippen molar-refractivity contribution < 1.29 is 8.78 Å². The summed E-state index contributed by atoms with van der Waals surface area (Å²) in [5, 5.41) is 1.72. The van der Waals surface area contributed by atoms with Gasteiger partial charge in [-0.05, 0) is 53.8 Å². The molecule has 2 heterocycles. The summed E-state index contributed by atoms with van der Waals surface area (Å²) >= 11 is 1.23. The van der Waals surface area contributed by atoms with Gasteiger partial charge in [0.05, 0.1) is 17.7 Å². The number of rotatable bonds is 3. The highest BCUT2D eigenvalue weighted by Crippen LogP contribution is 2.18. The zero-order valence-corrected chi connectivity index (χ0v) is 15.1. The predicted octanol–water partition coefficient (Wildman–Crippen LogP) is 3.85. The second-order valence-electron chi connectivity index (χ2n) is 6.26. The van der Waals surface area contributed by atoms with E-state index in [0.717, 1.165) is 16.2 Å². The number of hydrogen-bond donors (Lipinski definition) is 0. The first-order chi connectivity index (χ1) is 12.9. The minimum Gasteiger partial charge on any atom is -0.288 e. The third kappa shape index (κ3) is 3.10. The molecule has 0 aliphatic rings. The molecule has 136 valence electrons. The Hall–Kier alpha value is -3.06. The van der Waals surface area contributed by atoms with E-state index in [2.05, 4.69) is 0 Å². The molecule has 27 heavy (non-hydrogen) atoms. The lowest BCUT2D eigenvalue weighted by molar-refractivity contribution is 0.576. The Labute approximate surface area is 156 Å². The molecular formula is C20H14F2N2O2S. The summed E-state index contributed by atoms with van der Waals surface area (Å²) in [6.07, 6.45) is 0. The van der Waals surface area contributed by atoms with E-state index in [-0.39, 0.29) is 6.54 Å². The van der Waals surface area contributed by atoms with Crippen LogP contribution < -0.4 is 11.2 Å². The highest BCUT2D eigenvalue weighted by atomic mass is 32.1. The average Bonchev–Trinajstić information content (AvgIpc) is 3.08. The molecule has 4 rings (SSSR count). The van der Waals surface area contributed by atoms with Crippen LogP contribution in [0.3, 0.4) is 0 Å². The maximum absolute atomic E-state index is 13.6. The number of halogens is 2. The van der Waals surface area contributed by atoms with Crippen molar-refractivity contribution in [2.45, 2.75) is 13.5 Å². The average molecular weight is 384 g/mol. The monoisotopic (exact) mass is 384 g/mol. The lowest BCUT2D eigenvalue weighted by atomic mass is 10.2. The summed E-state index contributed by atoms with van der Waals surface area (Å²) in [4.78, 5) is 26.0. The molecule has 0 aliphatic carbocycles. The minimum atomic E-state index is -0.716. The molecule has 0 saturated carbocycles. The van der Waals surface area contributed by atoms with Crippen molar-refractivity contribution in [3.63, 3.8) is 0 Å². The van der Waals surface area contributed by atoms with Crippen LogP contribution in [0.2, 0.25) is 0 Å². The van der Waals surface area contributed by atoms with Gasteiger partial charge in [0.2, 0.25) is 0 Å². The van der Waals surface area contributed by atoms with Gasteiger partial charge < -0.3 is 0 Å².